The molecule has 15 heavy (non-hydrogen) atoms. The highest BCUT2D eigenvalue weighted by molar-refractivity contribution is 9.10. The summed E-state index contributed by atoms with van der Waals surface area (Å²) in [5, 5.41) is 8.23. The molecule has 80 valence electrons. The van der Waals surface area contributed by atoms with Crippen molar-refractivity contribution in [1.29, 1.82) is 5.26 Å². The molecule has 0 radical (unpaired) electrons. The van der Waals surface area contributed by atoms with Crippen LogP contribution in [0.3, 0.4) is 0 Å². The molecule has 1 N–H and O–H groups in total. The molecule has 0 atom stereocenters. The second-order valence-electron chi connectivity index (χ2n) is 2.64. The van der Waals surface area contributed by atoms with Crippen molar-refractivity contribution in [3.63, 3.8) is 0 Å². The summed E-state index contributed by atoms with van der Waals surface area (Å²) < 4.78 is 37.9. The summed E-state index contributed by atoms with van der Waals surface area (Å²) >= 11 is 3.08. The summed E-state index contributed by atoms with van der Waals surface area (Å²) in [6.07, 6.45) is 0. The molecule has 1 aromatic carbocycles. The summed E-state index contributed by atoms with van der Waals surface area (Å²) in [5.41, 5.74) is -0.181. The number of hydrogen-bond donors (Lipinski definition) is 1. The van der Waals surface area contributed by atoms with E-state index in [4.69, 9.17) is 5.26 Å². The van der Waals surface area contributed by atoms with Crippen molar-refractivity contribution in [3.05, 3.63) is 28.5 Å². The summed E-state index contributed by atoms with van der Waals surface area (Å²) in [4.78, 5) is 0. The van der Waals surface area contributed by atoms with E-state index in [1.165, 1.54) is 18.2 Å². The number of nitriles is 1. The Labute approximate surface area is 94.9 Å². The molecule has 0 bridgehead atoms. The first-order valence-corrected chi connectivity index (χ1v) is 6.21. The average Bonchev–Trinajstić information content (AvgIpc) is 2.10. The van der Waals surface area contributed by atoms with Crippen molar-refractivity contribution in [2.75, 3.05) is 10.5 Å². The summed E-state index contributed by atoms with van der Waals surface area (Å²) in [6.45, 7) is 0. The van der Waals surface area contributed by atoms with Crippen LogP contribution in [0.1, 0.15) is 0 Å². The van der Waals surface area contributed by atoms with Gasteiger partial charge in [0.25, 0.3) is 0 Å². The van der Waals surface area contributed by atoms with Crippen LogP contribution in [0.25, 0.3) is 0 Å². The highest BCUT2D eigenvalue weighted by atomic mass is 79.9. The fraction of sp³-hybridized carbons (Fsp3) is 0.125. The number of halogens is 2. The fourth-order valence-electron chi connectivity index (χ4n) is 0.864. The van der Waals surface area contributed by atoms with Gasteiger partial charge in [-0.2, -0.15) is 5.26 Å². The van der Waals surface area contributed by atoms with E-state index in [2.05, 4.69) is 15.9 Å². The highest BCUT2D eigenvalue weighted by Gasteiger charge is 2.12. The minimum atomic E-state index is -3.80. The molecule has 0 aliphatic carbocycles. The van der Waals surface area contributed by atoms with Gasteiger partial charge < -0.3 is 0 Å². The number of benzene rings is 1. The van der Waals surface area contributed by atoms with Crippen LogP contribution in [0.4, 0.5) is 10.1 Å². The van der Waals surface area contributed by atoms with Gasteiger partial charge in [0, 0.05) is 4.47 Å². The van der Waals surface area contributed by atoms with Gasteiger partial charge in [0.2, 0.25) is 10.0 Å². The highest BCUT2D eigenvalue weighted by Crippen LogP contribution is 2.20. The van der Waals surface area contributed by atoms with Crippen LogP contribution in [0.2, 0.25) is 0 Å². The van der Waals surface area contributed by atoms with E-state index in [0.717, 1.165) is 6.07 Å². The first-order valence-electron chi connectivity index (χ1n) is 3.77. The monoisotopic (exact) mass is 292 g/mol. The minimum absolute atomic E-state index is 0.181. The van der Waals surface area contributed by atoms with E-state index >= 15 is 0 Å². The Morgan fingerprint density at radius 2 is 2.20 bits per heavy atom. The van der Waals surface area contributed by atoms with Crippen LogP contribution in [0, 0.1) is 17.1 Å². The van der Waals surface area contributed by atoms with Gasteiger partial charge in [-0.25, -0.2) is 12.8 Å². The quantitative estimate of drug-likeness (QED) is 0.924. The van der Waals surface area contributed by atoms with Gasteiger partial charge in [0.15, 0.2) is 5.75 Å². The van der Waals surface area contributed by atoms with Gasteiger partial charge in [-0.1, -0.05) is 15.9 Å². The van der Waals surface area contributed by atoms with Gasteiger partial charge in [-0.15, -0.1) is 0 Å². The van der Waals surface area contributed by atoms with Gasteiger partial charge in [-0.3, -0.25) is 4.72 Å². The van der Waals surface area contributed by atoms with Crippen LogP contribution in [-0.2, 0) is 10.0 Å². The van der Waals surface area contributed by atoms with Gasteiger partial charge in [0.05, 0.1) is 11.8 Å². The zero-order valence-corrected chi connectivity index (χ0v) is 9.77. The molecule has 0 amide bonds. The number of sulfonamides is 1. The maximum atomic E-state index is 13.1. The molecule has 0 spiro atoms. The number of nitrogens with zero attached hydrogens (tertiary/aromatic N) is 1. The molecule has 1 aromatic rings. The average molecular weight is 293 g/mol. The predicted molar refractivity (Wildman–Crippen MR) is 57.1 cm³/mol. The van der Waals surface area contributed by atoms with Crippen molar-refractivity contribution in [3.8, 4) is 6.07 Å². The Balaban J connectivity index is 3.00. The second-order valence-corrected chi connectivity index (χ2v) is 5.28. The van der Waals surface area contributed by atoms with Gasteiger partial charge >= 0.3 is 0 Å². The summed E-state index contributed by atoms with van der Waals surface area (Å²) in [7, 11) is -3.80. The molecule has 7 heteroatoms. The first-order chi connectivity index (χ1) is 6.94. The zero-order chi connectivity index (χ0) is 11.5. The third-order valence-electron chi connectivity index (χ3n) is 1.45. The minimum Gasteiger partial charge on any atom is -0.280 e. The Kier molecular flexibility index (Phi) is 3.66. The van der Waals surface area contributed by atoms with Gasteiger partial charge in [-0.05, 0) is 18.2 Å². The predicted octanol–water partition coefficient (Wildman–Crippen LogP) is 1.85. The second kappa shape index (κ2) is 4.59. The largest absolute Gasteiger partial charge is 0.280 e. The number of hydrogen-bond acceptors (Lipinski definition) is 3. The van der Waals surface area contributed by atoms with E-state index < -0.39 is 21.6 Å². The van der Waals surface area contributed by atoms with E-state index in [-0.39, 0.29) is 5.69 Å². The summed E-state index contributed by atoms with van der Waals surface area (Å²) in [6, 6.07) is 5.32. The SMILES string of the molecule is N#CCS(=O)(=O)Nc1cc(Br)ccc1F. The van der Waals surface area contributed by atoms with Crippen molar-refractivity contribution in [2.24, 2.45) is 0 Å². The molecule has 0 heterocycles. The molecule has 0 aliphatic heterocycles. The maximum absolute atomic E-state index is 13.1. The molecule has 0 aliphatic rings. The Hall–Kier alpha value is -1.13. The normalized spacial score (nSPS) is 10.7. The number of nitrogens with one attached hydrogen (secondary N) is 1. The summed E-state index contributed by atoms with van der Waals surface area (Å²) in [5.74, 6) is -1.40. The van der Waals surface area contributed by atoms with Crippen LogP contribution in [0.5, 0.6) is 0 Å². The number of rotatable bonds is 3. The van der Waals surface area contributed by atoms with Crippen molar-refractivity contribution >= 4 is 31.6 Å². The molecule has 0 fully saturated rings. The Morgan fingerprint density at radius 3 is 2.80 bits per heavy atom. The van der Waals surface area contributed by atoms with E-state index in [9.17, 15) is 12.8 Å². The molecule has 0 saturated carbocycles. The maximum Gasteiger partial charge on any atom is 0.246 e. The lowest BCUT2D eigenvalue weighted by Gasteiger charge is -2.06. The lowest BCUT2D eigenvalue weighted by Crippen LogP contribution is -2.16. The Morgan fingerprint density at radius 1 is 1.53 bits per heavy atom. The zero-order valence-electron chi connectivity index (χ0n) is 7.37. The van der Waals surface area contributed by atoms with Crippen molar-refractivity contribution < 1.29 is 12.8 Å². The first kappa shape index (κ1) is 11.9. The van der Waals surface area contributed by atoms with Gasteiger partial charge in [0.1, 0.15) is 5.82 Å². The van der Waals surface area contributed by atoms with Crippen LogP contribution in [-0.4, -0.2) is 14.2 Å². The Bertz CT molecular complexity index is 510. The third-order valence-corrected chi connectivity index (χ3v) is 2.98. The molecule has 4 nitrogen and oxygen atoms in total. The van der Waals surface area contributed by atoms with E-state index in [0.29, 0.717) is 4.47 Å². The molecule has 0 aromatic heterocycles. The lowest BCUT2D eigenvalue weighted by molar-refractivity contribution is 0.601. The van der Waals surface area contributed by atoms with Crippen LogP contribution < -0.4 is 4.72 Å². The van der Waals surface area contributed by atoms with E-state index in [1.807, 2.05) is 4.72 Å². The smallest absolute Gasteiger partial charge is 0.246 e. The molecule has 0 unspecified atom stereocenters. The molecule has 0 saturated heterocycles. The molecular weight excluding hydrogens is 287 g/mol. The number of anilines is 1. The van der Waals surface area contributed by atoms with Crippen molar-refractivity contribution in [1.82, 2.24) is 0 Å². The van der Waals surface area contributed by atoms with Crippen molar-refractivity contribution in [2.45, 2.75) is 0 Å². The topological polar surface area (TPSA) is 70.0 Å². The molecular formula is C8H6BrFN2O2S. The standard InChI is InChI=1S/C8H6BrFN2O2S/c9-6-1-2-7(10)8(5-6)12-15(13,14)4-3-11/h1-2,5,12H,4H2. The molecule has 1 rings (SSSR count). The lowest BCUT2D eigenvalue weighted by atomic mass is 10.3. The van der Waals surface area contributed by atoms with Crippen LogP contribution in [0.15, 0.2) is 22.7 Å². The fourth-order valence-corrected chi connectivity index (χ4v) is 1.96. The third kappa shape index (κ3) is 3.49. The van der Waals surface area contributed by atoms with Crippen LogP contribution >= 0.6 is 15.9 Å². The van der Waals surface area contributed by atoms with E-state index in [1.54, 1.807) is 0 Å².